The highest BCUT2D eigenvalue weighted by Gasteiger charge is 2.19. The SMILES string of the molecule is CCOc1ccccc1-c1nc(CN2CCN(c3cccc(Cl)c3)CC2)co1. The molecule has 2 heterocycles. The first-order valence-corrected chi connectivity index (χ1v) is 10.00. The first kappa shape index (κ1) is 18.8. The normalized spacial score (nSPS) is 15.0. The quantitative estimate of drug-likeness (QED) is 0.602. The summed E-state index contributed by atoms with van der Waals surface area (Å²) >= 11 is 6.12. The number of rotatable bonds is 6. The van der Waals surface area contributed by atoms with Crippen molar-refractivity contribution in [2.75, 3.05) is 37.7 Å². The van der Waals surface area contributed by atoms with Crippen molar-refractivity contribution < 1.29 is 9.15 Å². The molecule has 1 aliphatic heterocycles. The zero-order valence-corrected chi connectivity index (χ0v) is 16.7. The lowest BCUT2D eigenvalue weighted by atomic mass is 10.2. The molecule has 3 aromatic rings. The fourth-order valence-corrected chi connectivity index (χ4v) is 3.68. The van der Waals surface area contributed by atoms with E-state index in [1.165, 1.54) is 5.69 Å². The smallest absolute Gasteiger partial charge is 0.229 e. The van der Waals surface area contributed by atoms with Crippen LogP contribution in [-0.4, -0.2) is 42.7 Å². The molecule has 1 aliphatic rings. The Hall–Kier alpha value is -2.50. The summed E-state index contributed by atoms with van der Waals surface area (Å²) in [7, 11) is 0. The molecule has 0 atom stereocenters. The Morgan fingerprint density at radius 1 is 1.07 bits per heavy atom. The van der Waals surface area contributed by atoms with Gasteiger partial charge in [-0.2, -0.15) is 0 Å². The van der Waals surface area contributed by atoms with Gasteiger partial charge in [0.25, 0.3) is 0 Å². The number of anilines is 1. The average molecular weight is 398 g/mol. The van der Waals surface area contributed by atoms with Crippen LogP contribution in [0.4, 0.5) is 5.69 Å². The van der Waals surface area contributed by atoms with Crippen LogP contribution in [-0.2, 0) is 6.54 Å². The molecule has 0 unspecified atom stereocenters. The van der Waals surface area contributed by atoms with E-state index in [1.807, 2.05) is 49.4 Å². The predicted octanol–water partition coefficient (Wildman–Crippen LogP) is 4.72. The number of aromatic nitrogens is 1. The number of halogens is 1. The highest BCUT2D eigenvalue weighted by Crippen LogP contribution is 2.29. The zero-order valence-electron chi connectivity index (χ0n) is 16.0. The van der Waals surface area contributed by atoms with Crippen LogP contribution >= 0.6 is 11.6 Å². The van der Waals surface area contributed by atoms with Crippen molar-refractivity contribution in [2.24, 2.45) is 0 Å². The van der Waals surface area contributed by atoms with Crippen LogP contribution < -0.4 is 9.64 Å². The average Bonchev–Trinajstić information content (AvgIpc) is 3.17. The molecule has 0 saturated carbocycles. The van der Waals surface area contributed by atoms with E-state index < -0.39 is 0 Å². The fourth-order valence-electron chi connectivity index (χ4n) is 3.49. The molecule has 2 aromatic carbocycles. The third-order valence-electron chi connectivity index (χ3n) is 4.90. The Kier molecular flexibility index (Phi) is 5.84. The molecule has 0 spiro atoms. The Labute approximate surface area is 170 Å². The van der Waals surface area contributed by atoms with Crippen molar-refractivity contribution in [1.82, 2.24) is 9.88 Å². The van der Waals surface area contributed by atoms with Crippen LogP contribution in [0.25, 0.3) is 11.5 Å². The molecule has 0 aliphatic carbocycles. The number of nitrogens with zero attached hydrogens (tertiary/aromatic N) is 3. The maximum Gasteiger partial charge on any atom is 0.229 e. The first-order valence-electron chi connectivity index (χ1n) is 9.62. The molecular weight excluding hydrogens is 374 g/mol. The van der Waals surface area contributed by atoms with Crippen LogP contribution in [0.1, 0.15) is 12.6 Å². The van der Waals surface area contributed by atoms with E-state index in [2.05, 4.69) is 20.9 Å². The van der Waals surface area contributed by atoms with Gasteiger partial charge in [0.2, 0.25) is 5.89 Å². The van der Waals surface area contributed by atoms with Crippen molar-refractivity contribution in [2.45, 2.75) is 13.5 Å². The van der Waals surface area contributed by atoms with Crippen molar-refractivity contribution >= 4 is 17.3 Å². The number of para-hydroxylation sites is 1. The topological polar surface area (TPSA) is 41.7 Å². The van der Waals surface area contributed by atoms with Gasteiger partial charge in [0.15, 0.2) is 0 Å². The van der Waals surface area contributed by atoms with E-state index >= 15 is 0 Å². The molecule has 5 nitrogen and oxygen atoms in total. The zero-order chi connectivity index (χ0) is 19.3. The minimum Gasteiger partial charge on any atom is -0.493 e. The lowest BCUT2D eigenvalue weighted by molar-refractivity contribution is 0.247. The monoisotopic (exact) mass is 397 g/mol. The first-order chi connectivity index (χ1) is 13.7. The van der Waals surface area contributed by atoms with Gasteiger partial charge >= 0.3 is 0 Å². The number of benzene rings is 2. The molecule has 0 radical (unpaired) electrons. The van der Waals surface area contributed by atoms with E-state index in [-0.39, 0.29) is 0 Å². The molecule has 1 aromatic heterocycles. The molecule has 1 saturated heterocycles. The Balaban J connectivity index is 1.38. The standard InChI is InChI=1S/C22H24ClN3O2/c1-2-27-21-9-4-3-8-20(21)22-24-18(16-28-22)15-25-10-12-26(13-11-25)19-7-5-6-17(23)14-19/h3-9,14,16H,2,10-13,15H2,1H3. The minimum atomic E-state index is 0.608. The van der Waals surface area contributed by atoms with Gasteiger partial charge < -0.3 is 14.1 Å². The van der Waals surface area contributed by atoms with Crippen LogP contribution in [0.15, 0.2) is 59.2 Å². The second-order valence-electron chi connectivity index (χ2n) is 6.82. The molecule has 6 heteroatoms. The maximum atomic E-state index is 6.12. The lowest BCUT2D eigenvalue weighted by Crippen LogP contribution is -2.46. The third-order valence-corrected chi connectivity index (χ3v) is 5.14. The van der Waals surface area contributed by atoms with Gasteiger partial charge in [-0.25, -0.2) is 4.98 Å². The summed E-state index contributed by atoms with van der Waals surface area (Å²) < 4.78 is 11.4. The van der Waals surface area contributed by atoms with E-state index in [0.717, 1.165) is 54.8 Å². The van der Waals surface area contributed by atoms with E-state index in [4.69, 9.17) is 20.8 Å². The van der Waals surface area contributed by atoms with Crippen LogP contribution in [0.2, 0.25) is 5.02 Å². The predicted molar refractivity (Wildman–Crippen MR) is 112 cm³/mol. The Bertz CT molecular complexity index is 919. The van der Waals surface area contributed by atoms with Crippen molar-refractivity contribution in [1.29, 1.82) is 0 Å². The van der Waals surface area contributed by atoms with Crippen molar-refractivity contribution in [3.63, 3.8) is 0 Å². The summed E-state index contributed by atoms with van der Waals surface area (Å²) in [6.07, 6.45) is 1.75. The molecule has 4 rings (SSSR count). The molecule has 28 heavy (non-hydrogen) atoms. The highest BCUT2D eigenvalue weighted by atomic mass is 35.5. The van der Waals surface area contributed by atoms with Crippen LogP contribution in [0, 0.1) is 0 Å². The number of hydrogen-bond acceptors (Lipinski definition) is 5. The van der Waals surface area contributed by atoms with Crippen molar-refractivity contribution in [3.05, 3.63) is 65.5 Å². The van der Waals surface area contributed by atoms with E-state index in [0.29, 0.717) is 12.5 Å². The highest BCUT2D eigenvalue weighted by molar-refractivity contribution is 6.30. The van der Waals surface area contributed by atoms with Crippen molar-refractivity contribution in [3.8, 4) is 17.2 Å². The molecule has 0 N–H and O–H groups in total. The summed E-state index contributed by atoms with van der Waals surface area (Å²) in [6.45, 7) is 7.26. The molecule has 1 fully saturated rings. The largest absolute Gasteiger partial charge is 0.493 e. The summed E-state index contributed by atoms with van der Waals surface area (Å²) in [5.41, 5.74) is 3.02. The maximum absolute atomic E-state index is 6.12. The third kappa shape index (κ3) is 4.32. The van der Waals surface area contributed by atoms with Crippen LogP contribution in [0.5, 0.6) is 5.75 Å². The summed E-state index contributed by atoms with van der Waals surface area (Å²) in [5, 5.41) is 0.780. The summed E-state index contributed by atoms with van der Waals surface area (Å²) in [5.74, 6) is 1.41. The van der Waals surface area contributed by atoms with Gasteiger partial charge in [0.05, 0.1) is 17.9 Å². The van der Waals surface area contributed by atoms with Gasteiger partial charge in [0, 0.05) is 43.4 Å². The van der Waals surface area contributed by atoms with E-state index in [9.17, 15) is 0 Å². The number of oxazole rings is 1. The molecule has 0 amide bonds. The number of ether oxygens (including phenoxy) is 1. The molecule has 0 bridgehead atoms. The second-order valence-corrected chi connectivity index (χ2v) is 7.25. The lowest BCUT2D eigenvalue weighted by Gasteiger charge is -2.35. The second kappa shape index (κ2) is 8.67. The molecule has 146 valence electrons. The molecular formula is C22H24ClN3O2. The van der Waals surface area contributed by atoms with E-state index in [1.54, 1.807) is 6.26 Å². The minimum absolute atomic E-state index is 0.608. The summed E-state index contributed by atoms with van der Waals surface area (Å²) in [4.78, 5) is 9.46. The fraction of sp³-hybridized carbons (Fsp3) is 0.318. The van der Waals surface area contributed by atoms with Gasteiger partial charge in [0.1, 0.15) is 12.0 Å². The Morgan fingerprint density at radius 2 is 1.89 bits per heavy atom. The van der Waals surface area contributed by atoms with Crippen LogP contribution in [0.3, 0.4) is 0 Å². The van der Waals surface area contributed by atoms with Gasteiger partial charge in [-0.3, -0.25) is 4.90 Å². The Morgan fingerprint density at radius 3 is 2.68 bits per heavy atom. The van der Waals surface area contributed by atoms with Gasteiger partial charge in [-0.15, -0.1) is 0 Å². The van der Waals surface area contributed by atoms with Gasteiger partial charge in [-0.05, 0) is 37.3 Å². The van der Waals surface area contributed by atoms with Gasteiger partial charge in [-0.1, -0.05) is 29.8 Å². The number of piperazine rings is 1. The summed E-state index contributed by atoms with van der Waals surface area (Å²) in [6, 6.07) is 15.9. The number of hydrogen-bond donors (Lipinski definition) is 0.